The van der Waals surface area contributed by atoms with Crippen LogP contribution >= 0.6 is 23.7 Å². The second-order valence-corrected chi connectivity index (χ2v) is 10.6. The van der Waals surface area contributed by atoms with E-state index in [-0.39, 0.29) is 17.3 Å². The fourth-order valence-corrected chi connectivity index (χ4v) is 5.26. The van der Waals surface area contributed by atoms with E-state index < -0.39 is 21.5 Å². The Hall–Kier alpha value is -2.00. The van der Waals surface area contributed by atoms with Gasteiger partial charge < -0.3 is 4.90 Å². The van der Waals surface area contributed by atoms with Gasteiger partial charge in [-0.2, -0.15) is 0 Å². The van der Waals surface area contributed by atoms with Crippen LogP contribution < -0.4 is 4.90 Å². The molecule has 0 radical (unpaired) electrons. The number of likely N-dealkylation sites (N-methyl/N-ethyl adjacent to an activating group) is 1. The van der Waals surface area contributed by atoms with Crippen LogP contribution in [0.3, 0.4) is 0 Å². The number of halogens is 1. The van der Waals surface area contributed by atoms with Gasteiger partial charge in [0.25, 0.3) is 0 Å². The molecule has 9 heteroatoms. The van der Waals surface area contributed by atoms with Gasteiger partial charge in [-0.15, -0.1) is 12.4 Å². The monoisotopic (exact) mass is 481 g/mol. The third-order valence-electron chi connectivity index (χ3n) is 4.85. The highest BCUT2D eigenvalue weighted by Gasteiger charge is 2.26. The van der Waals surface area contributed by atoms with Gasteiger partial charge in [-0.25, -0.2) is 13.4 Å². The van der Waals surface area contributed by atoms with Crippen molar-refractivity contribution < 1.29 is 13.2 Å². The molecule has 31 heavy (non-hydrogen) atoms. The average molecular weight is 482 g/mol. The first-order valence-electron chi connectivity index (χ1n) is 9.83. The molecule has 0 bridgehead atoms. The zero-order chi connectivity index (χ0) is 21.9. The molecule has 1 heterocycles. The van der Waals surface area contributed by atoms with Crippen LogP contribution in [0.4, 0.5) is 5.13 Å². The molecule has 1 aromatic heterocycles. The lowest BCUT2D eigenvalue weighted by molar-refractivity contribution is -0.116. The molecule has 0 N–H and O–H groups in total. The molecule has 3 rings (SSSR count). The number of thiazole rings is 1. The Labute approximate surface area is 194 Å². The summed E-state index contributed by atoms with van der Waals surface area (Å²) in [5.74, 6) is -1.05. The molecule has 1 amide bonds. The predicted molar refractivity (Wildman–Crippen MR) is 130 cm³/mol. The number of rotatable bonds is 8. The van der Waals surface area contributed by atoms with Crippen LogP contribution in [-0.4, -0.2) is 57.1 Å². The lowest BCUT2D eigenvalue weighted by Crippen LogP contribution is -2.40. The van der Waals surface area contributed by atoms with Crippen LogP contribution in [0, 0.1) is 6.92 Å². The van der Waals surface area contributed by atoms with E-state index in [4.69, 9.17) is 0 Å². The molecule has 168 valence electrons. The Kier molecular flexibility index (Phi) is 8.59. The van der Waals surface area contributed by atoms with Gasteiger partial charge in [-0.05, 0) is 57.3 Å². The zero-order valence-corrected chi connectivity index (χ0v) is 20.6. The highest BCUT2D eigenvalue weighted by molar-refractivity contribution is 7.92. The molecule has 0 aliphatic rings. The molecule has 2 aromatic carbocycles. The van der Waals surface area contributed by atoms with Crippen LogP contribution in [0.1, 0.15) is 18.1 Å². The van der Waals surface area contributed by atoms with Crippen LogP contribution in [0.25, 0.3) is 10.2 Å². The molecule has 0 aliphatic heterocycles. The van der Waals surface area contributed by atoms with Crippen LogP contribution in [0.5, 0.6) is 0 Å². The first-order valence-corrected chi connectivity index (χ1v) is 12.3. The van der Waals surface area contributed by atoms with Crippen LogP contribution in [0.15, 0.2) is 47.4 Å². The Morgan fingerprint density at radius 1 is 1.06 bits per heavy atom. The van der Waals surface area contributed by atoms with Crippen molar-refractivity contribution in [3.63, 3.8) is 0 Å². The van der Waals surface area contributed by atoms with E-state index in [9.17, 15) is 13.2 Å². The first-order chi connectivity index (χ1) is 14.2. The van der Waals surface area contributed by atoms with Crippen molar-refractivity contribution in [2.24, 2.45) is 0 Å². The fraction of sp³-hybridized carbons (Fsp3) is 0.364. The molecular weight excluding hydrogens is 454 g/mol. The van der Waals surface area contributed by atoms with Gasteiger partial charge in [0.05, 0.1) is 15.1 Å². The van der Waals surface area contributed by atoms with Crippen LogP contribution in [-0.2, 0) is 21.1 Å². The van der Waals surface area contributed by atoms with Gasteiger partial charge in [0.1, 0.15) is 5.75 Å². The molecule has 3 aromatic rings. The summed E-state index contributed by atoms with van der Waals surface area (Å²) < 4.78 is 26.6. The minimum atomic E-state index is -3.74. The Balaban J connectivity index is 0.00000341. The lowest BCUT2D eigenvalue weighted by atomic mass is 10.2. The molecule has 0 atom stereocenters. The van der Waals surface area contributed by atoms with Crippen molar-refractivity contribution in [1.82, 2.24) is 9.88 Å². The SMILES string of the molecule is CCc1ccc2nc(N(CCN(C)C)C(=O)CS(=O)(=O)c3ccc(C)cc3)sc2c1.Cl. The van der Waals surface area contributed by atoms with E-state index in [1.165, 1.54) is 21.8 Å². The van der Waals surface area contributed by atoms with Crippen molar-refractivity contribution in [2.45, 2.75) is 25.2 Å². The van der Waals surface area contributed by atoms with Crippen molar-refractivity contribution >= 4 is 54.8 Å². The van der Waals surface area contributed by atoms with Gasteiger partial charge >= 0.3 is 0 Å². The summed E-state index contributed by atoms with van der Waals surface area (Å²) in [5, 5.41) is 0.532. The largest absolute Gasteiger partial charge is 0.308 e. The topological polar surface area (TPSA) is 70.6 Å². The predicted octanol–water partition coefficient (Wildman–Crippen LogP) is 3.96. The Bertz CT molecular complexity index is 1140. The maximum atomic E-state index is 13.1. The van der Waals surface area contributed by atoms with E-state index in [0.29, 0.717) is 18.2 Å². The van der Waals surface area contributed by atoms with Crippen molar-refractivity contribution in [2.75, 3.05) is 37.8 Å². The maximum absolute atomic E-state index is 13.1. The summed E-state index contributed by atoms with van der Waals surface area (Å²) in [6.45, 7) is 4.95. The number of nitrogens with zero attached hydrogens (tertiary/aromatic N) is 3. The second kappa shape index (κ2) is 10.5. The van der Waals surface area contributed by atoms with Crippen molar-refractivity contribution in [3.05, 3.63) is 53.6 Å². The normalized spacial score (nSPS) is 11.5. The summed E-state index contributed by atoms with van der Waals surface area (Å²) >= 11 is 1.42. The molecular formula is C22H28ClN3O3S2. The third-order valence-corrected chi connectivity index (χ3v) is 7.50. The quantitative estimate of drug-likeness (QED) is 0.487. The zero-order valence-electron chi connectivity index (χ0n) is 18.2. The van der Waals surface area contributed by atoms with Gasteiger partial charge in [-0.1, -0.05) is 42.0 Å². The van der Waals surface area contributed by atoms with Gasteiger partial charge in [0.15, 0.2) is 15.0 Å². The van der Waals surface area contributed by atoms with Crippen molar-refractivity contribution in [3.8, 4) is 0 Å². The summed E-state index contributed by atoms with van der Waals surface area (Å²) in [6.07, 6.45) is 0.918. The first kappa shape index (κ1) is 25.3. The highest BCUT2D eigenvalue weighted by atomic mass is 35.5. The number of carbonyl (C=O) groups excluding carboxylic acids is 1. The number of anilines is 1. The molecule has 0 unspecified atom stereocenters. The summed E-state index contributed by atoms with van der Waals surface area (Å²) in [7, 11) is 0.0920. The van der Waals surface area contributed by atoms with Crippen molar-refractivity contribution in [1.29, 1.82) is 0 Å². The Morgan fingerprint density at radius 2 is 1.74 bits per heavy atom. The molecule has 6 nitrogen and oxygen atoms in total. The number of sulfone groups is 1. The number of hydrogen-bond acceptors (Lipinski definition) is 6. The maximum Gasteiger partial charge on any atom is 0.244 e. The number of amides is 1. The average Bonchev–Trinajstić information content (AvgIpc) is 3.10. The molecule has 0 saturated heterocycles. The number of hydrogen-bond donors (Lipinski definition) is 0. The molecule has 0 aliphatic carbocycles. The van der Waals surface area contributed by atoms with E-state index in [0.717, 1.165) is 22.2 Å². The third kappa shape index (κ3) is 6.26. The minimum absolute atomic E-state index is 0. The van der Waals surface area contributed by atoms with Gasteiger partial charge in [-0.3, -0.25) is 9.69 Å². The number of fused-ring (bicyclic) bond motifs is 1. The summed E-state index contributed by atoms with van der Waals surface area (Å²) in [5.41, 5.74) is 2.98. The Morgan fingerprint density at radius 3 is 2.35 bits per heavy atom. The van der Waals surface area contributed by atoms with E-state index >= 15 is 0 Å². The minimum Gasteiger partial charge on any atom is -0.308 e. The van der Waals surface area contributed by atoms with E-state index in [2.05, 4.69) is 18.0 Å². The number of aromatic nitrogens is 1. The molecule has 0 spiro atoms. The standard InChI is InChI=1S/C22H27N3O3S2.ClH/c1-5-17-8-11-19-20(14-17)29-22(23-19)25(13-12-24(3)4)21(26)15-30(27,28)18-9-6-16(2)7-10-18;/h6-11,14H,5,12-13,15H2,1-4H3;1H. The van der Waals surface area contributed by atoms with Gasteiger partial charge in [0.2, 0.25) is 5.91 Å². The summed E-state index contributed by atoms with van der Waals surface area (Å²) in [6, 6.07) is 12.6. The molecule has 0 fully saturated rings. The molecule has 0 saturated carbocycles. The number of aryl methyl sites for hydroxylation is 2. The lowest BCUT2D eigenvalue weighted by Gasteiger charge is -2.22. The second-order valence-electron chi connectivity index (χ2n) is 7.57. The number of benzene rings is 2. The number of carbonyl (C=O) groups is 1. The van der Waals surface area contributed by atoms with E-state index in [1.807, 2.05) is 38.1 Å². The smallest absolute Gasteiger partial charge is 0.244 e. The summed E-state index contributed by atoms with van der Waals surface area (Å²) in [4.78, 5) is 21.3. The van der Waals surface area contributed by atoms with Crippen LogP contribution in [0.2, 0.25) is 0 Å². The fourth-order valence-electron chi connectivity index (χ4n) is 2.99. The highest BCUT2D eigenvalue weighted by Crippen LogP contribution is 2.30. The van der Waals surface area contributed by atoms with E-state index in [1.54, 1.807) is 24.3 Å². The van der Waals surface area contributed by atoms with Gasteiger partial charge in [0, 0.05) is 13.1 Å².